The predicted molar refractivity (Wildman–Crippen MR) is 258 cm³/mol. The van der Waals surface area contributed by atoms with Crippen molar-refractivity contribution in [3.05, 3.63) is 225 Å². The summed E-state index contributed by atoms with van der Waals surface area (Å²) < 4.78 is 0. The Hall–Kier alpha value is -5.28. The van der Waals surface area contributed by atoms with Gasteiger partial charge >= 0.3 is 0 Å². The van der Waals surface area contributed by atoms with Crippen LogP contribution in [0.4, 0.5) is 11.4 Å². The van der Waals surface area contributed by atoms with E-state index in [1.807, 2.05) is 48.5 Å². The van der Waals surface area contributed by atoms with E-state index in [0.29, 0.717) is 42.6 Å². The lowest BCUT2D eigenvalue weighted by molar-refractivity contribution is 0.101. The molecule has 0 aliphatic rings. The van der Waals surface area contributed by atoms with Crippen LogP contribution in [0, 0.1) is 0 Å². The van der Waals surface area contributed by atoms with Crippen LogP contribution in [0.2, 0.25) is 20.1 Å². The summed E-state index contributed by atoms with van der Waals surface area (Å²) in [4.78, 5) is 27.7. The van der Waals surface area contributed by atoms with Crippen molar-refractivity contribution in [1.82, 2.24) is 0 Å². The van der Waals surface area contributed by atoms with Gasteiger partial charge in [-0.2, -0.15) is 0 Å². The first-order valence-electron chi connectivity index (χ1n) is 18.8. The molecule has 0 saturated heterocycles. The van der Waals surface area contributed by atoms with Gasteiger partial charge in [-0.15, -0.1) is 0 Å². The van der Waals surface area contributed by atoms with Crippen molar-refractivity contribution in [2.75, 3.05) is 10.6 Å². The van der Waals surface area contributed by atoms with Crippen molar-refractivity contribution >= 4 is 117 Å². The van der Waals surface area contributed by atoms with Gasteiger partial charge in [-0.25, -0.2) is 0 Å². The number of hydrogen-bond acceptors (Lipinski definition) is 2. The third-order valence-corrected chi connectivity index (χ3v) is 15.5. The van der Waals surface area contributed by atoms with Crippen LogP contribution in [0.15, 0.2) is 194 Å². The van der Waals surface area contributed by atoms with Crippen LogP contribution in [0.1, 0.15) is 20.7 Å². The Labute approximate surface area is 371 Å². The zero-order valence-corrected chi connectivity index (χ0v) is 36.5. The molecule has 60 heavy (non-hydrogen) atoms. The van der Waals surface area contributed by atoms with Crippen molar-refractivity contribution in [3.8, 4) is 11.1 Å². The largest absolute Gasteiger partial charge is 0.322 e. The predicted octanol–water partition coefficient (Wildman–Crippen LogP) is 12.0. The summed E-state index contributed by atoms with van der Waals surface area (Å²) in [5, 5.41) is 14.4. The molecule has 10 heteroatoms. The van der Waals surface area contributed by atoms with Crippen molar-refractivity contribution in [1.29, 1.82) is 0 Å². The first-order valence-corrected chi connectivity index (χ1v) is 23.0. The average Bonchev–Trinajstić information content (AvgIpc) is 3.25. The van der Waals surface area contributed by atoms with Crippen LogP contribution >= 0.6 is 62.2 Å². The molecule has 0 fully saturated rings. The maximum Gasteiger partial charge on any atom is 0.255 e. The Bertz CT molecular complexity index is 2500. The van der Waals surface area contributed by atoms with Gasteiger partial charge in [0, 0.05) is 42.6 Å². The van der Waals surface area contributed by atoms with Gasteiger partial charge in [-0.05, 0) is 119 Å². The fourth-order valence-corrected chi connectivity index (χ4v) is 12.9. The second-order valence-corrected chi connectivity index (χ2v) is 19.8. The Morgan fingerprint density at radius 1 is 0.350 bits per heavy atom. The van der Waals surface area contributed by atoms with E-state index in [-0.39, 0.29) is 11.8 Å². The maximum absolute atomic E-state index is 13.8. The summed E-state index contributed by atoms with van der Waals surface area (Å²) in [6.45, 7) is 0. The van der Waals surface area contributed by atoms with E-state index in [1.54, 1.807) is 36.4 Å². The zero-order valence-electron chi connectivity index (χ0n) is 31.7. The molecule has 0 spiro atoms. The van der Waals surface area contributed by atoms with Gasteiger partial charge in [0.1, 0.15) is 0 Å². The minimum Gasteiger partial charge on any atom is -0.322 e. The van der Waals surface area contributed by atoms with Crippen molar-refractivity contribution in [2.45, 2.75) is 0 Å². The van der Waals surface area contributed by atoms with Crippen LogP contribution < -0.4 is 42.5 Å². The molecule has 294 valence electrons. The van der Waals surface area contributed by atoms with Crippen LogP contribution in [-0.4, -0.2) is 11.8 Å². The molecule has 0 heterocycles. The number of benzene rings is 8. The van der Waals surface area contributed by atoms with Gasteiger partial charge in [-0.1, -0.05) is 180 Å². The second kappa shape index (κ2) is 19.0. The molecule has 0 bridgehead atoms. The molecule has 8 rings (SSSR count). The molecule has 0 atom stereocenters. The van der Waals surface area contributed by atoms with Gasteiger partial charge in [0.2, 0.25) is 0 Å². The second-order valence-electron chi connectivity index (χ2n) is 13.7. The summed E-state index contributed by atoms with van der Waals surface area (Å²) in [6, 6.07) is 63.6. The first-order chi connectivity index (χ1) is 29.2. The normalized spacial score (nSPS) is 11.1. The number of carbonyl (C=O) groups is 2. The number of hydrogen-bond donors (Lipinski definition) is 2. The summed E-state index contributed by atoms with van der Waals surface area (Å²) in [7, 11) is -2.29. The van der Waals surface area contributed by atoms with Crippen LogP contribution in [-0.2, 0) is 0 Å². The van der Waals surface area contributed by atoms with E-state index in [2.05, 4.69) is 120 Å². The van der Waals surface area contributed by atoms with Crippen molar-refractivity contribution < 1.29 is 9.59 Å². The lowest BCUT2D eigenvalue weighted by Gasteiger charge is -2.27. The fraction of sp³-hybridized carbons (Fsp3) is 0. The van der Waals surface area contributed by atoms with Crippen LogP contribution in [0.5, 0.6) is 0 Å². The van der Waals surface area contributed by atoms with E-state index < -0.39 is 15.8 Å². The molecule has 0 aromatic heterocycles. The molecule has 2 N–H and O–H groups in total. The van der Waals surface area contributed by atoms with E-state index in [4.69, 9.17) is 46.4 Å². The van der Waals surface area contributed by atoms with Gasteiger partial charge in [0.05, 0.1) is 0 Å². The Balaban J connectivity index is 1.38. The highest BCUT2D eigenvalue weighted by molar-refractivity contribution is 7.80. The molecular weight excluding hydrogens is 864 g/mol. The number of anilines is 2. The zero-order chi connectivity index (χ0) is 41.6. The van der Waals surface area contributed by atoms with Crippen molar-refractivity contribution in [2.24, 2.45) is 0 Å². The van der Waals surface area contributed by atoms with Crippen LogP contribution in [0.3, 0.4) is 0 Å². The summed E-state index contributed by atoms with van der Waals surface area (Å²) in [6.07, 6.45) is 0. The number of halogens is 4. The van der Waals surface area contributed by atoms with E-state index >= 15 is 0 Å². The summed E-state index contributed by atoms with van der Waals surface area (Å²) >= 11 is 25.3. The third kappa shape index (κ3) is 9.68. The number of rotatable bonds is 11. The molecular formula is C50H34Cl4N2O2P2. The topological polar surface area (TPSA) is 58.2 Å². The average molecular weight is 899 g/mol. The third-order valence-electron chi connectivity index (χ3n) is 9.59. The molecule has 0 saturated carbocycles. The summed E-state index contributed by atoms with van der Waals surface area (Å²) in [5.74, 6) is -0.715. The summed E-state index contributed by atoms with van der Waals surface area (Å²) in [5.41, 5.74) is 3.60. The molecule has 0 unspecified atom stereocenters. The molecule has 2 amide bonds. The van der Waals surface area contributed by atoms with E-state index in [9.17, 15) is 9.59 Å². The highest BCUT2D eigenvalue weighted by Crippen LogP contribution is 2.43. The lowest BCUT2D eigenvalue weighted by Crippen LogP contribution is -2.26. The molecule has 4 nitrogen and oxygen atoms in total. The maximum atomic E-state index is 13.8. The van der Waals surface area contributed by atoms with Gasteiger partial charge in [0.25, 0.3) is 11.8 Å². The van der Waals surface area contributed by atoms with E-state index in [0.717, 1.165) is 43.0 Å². The molecule has 8 aromatic carbocycles. The molecule has 0 aliphatic carbocycles. The SMILES string of the molecule is O=C(Nc1ccc(P(c2ccccc2)c2ccccc2)c(-c2cc(NC(=O)c3cc(Cl)cc(Cl)c3)ccc2P(c2ccccc2)c2ccccc2)c1)c1cc(Cl)cc(Cl)c1. The van der Waals surface area contributed by atoms with Gasteiger partial charge in [-0.3, -0.25) is 9.59 Å². The molecule has 0 radical (unpaired) electrons. The van der Waals surface area contributed by atoms with Gasteiger partial charge < -0.3 is 10.6 Å². The van der Waals surface area contributed by atoms with Crippen molar-refractivity contribution in [3.63, 3.8) is 0 Å². The van der Waals surface area contributed by atoms with Gasteiger partial charge in [0.15, 0.2) is 0 Å². The highest BCUT2D eigenvalue weighted by Gasteiger charge is 2.27. The number of carbonyl (C=O) groups excluding carboxylic acids is 2. The monoisotopic (exact) mass is 896 g/mol. The number of nitrogens with one attached hydrogen (secondary N) is 2. The quantitative estimate of drug-likeness (QED) is 0.127. The molecule has 8 aromatic rings. The Kier molecular flexibility index (Phi) is 13.1. The van der Waals surface area contributed by atoms with Crippen LogP contribution in [0.25, 0.3) is 11.1 Å². The lowest BCUT2D eigenvalue weighted by atomic mass is 10.0. The minimum absolute atomic E-state index is 0.331. The Morgan fingerprint density at radius 2 is 0.633 bits per heavy atom. The fourth-order valence-electron chi connectivity index (χ4n) is 6.99. The Morgan fingerprint density at radius 3 is 0.917 bits per heavy atom. The highest BCUT2D eigenvalue weighted by atomic mass is 35.5. The van der Waals surface area contributed by atoms with E-state index in [1.165, 1.54) is 0 Å². The molecule has 0 aliphatic heterocycles. The minimum atomic E-state index is -1.14. The first kappa shape index (κ1) is 41.5. The number of amides is 2. The smallest absolute Gasteiger partial charge is 0.255 e. The standard InChI is InChI=1S/C50H34Cl4N2O2P2/c51-35-25-33(26-36(52)29-35)49(57)55-39-21-23-47(59(41-13-5-1-6-14-41)42-15-7-2-8-16-42)45(31-39)46-32-40(56-50(58)34-27-37(53)30-38(54)28-34)22-24-48(46)60(43-17-9-3-10-18-43)44-19-11-4-12-20-44/h1-32H,(H,55,57)(H,56,58).